The molecule has 0 fully saturated rings. The van der Waals surface area contributed by atoms with E-state index in [2.05, 4.69) is 15.3 Å². The van der Waals surface area contributed by atoms with Crippen LogP contribution in [0.5, 0.6) is 0 Å². The zero-order valence-electron chi connectivity index (χ0n) is 14.6. The maximum Gasteiger partial charge on any atom is 0.434 e. The third-order valence-corrected chi connectivity index (χ3v) is 5.23. The summed E-state index contributed by atoms with van der Waals surface area (Å²) < 4.78 is 2.47. The number of carbonyl (C=O) groups excluding carboxylic acids is 1. The number of fused-ring (bicyclic) bond motifs is 1. The highest BCUT2D eigenvalue weighted by molar-refractivity contribution is 7.21. The van der Waals surface area contributed by atoms with Crippen LogP contribution in [0.15, 0.2) is 60.9 Å². The zero-order valence-corrected chi connectivity index (χ0v) is 15.4. The van der Waals surface area contributed by atoms with Gasteiger partial charge in [0.2, 0.25) is 5.91 Å². The normalized spacial score (nSPS) is 10.9. The summed E-state index contributed by atoms with van der Waals surface area (Å²) in [6.07, 6.45) is 2.94. The van der Waals surface area contributed by atoms with Gasteiger partial charge in [0.25, 0.3) is 0 Å². The van der Waals surface area contributed by atoms with Gasteiger partial charge in [0, 0.05) is 11.3 Å². The number of para-hydroxylation sites is 1. The van der Waals surface area contributed by atoms with Crippen LogP contribution in [0.3, 0.4) is 0 Å². The molecule has 4 aromatic rings. The van der Waals surface area contributed by atoms with E-state index in [0.29, 0.717) is 5.69 Å². The molecule has 1 N–H and O–H groups in total. The number of amides is 1. The van der Waals surface area contributed by atoms with Crippen molar-refractivity contribution in [1.29, 1.82) is 0 Å². The molecule has 1 amide bonds. The number of benzene rings is 2. The number of carbonyl (C=O) groups is 1. The number of nitro groups is 1. The second-order valence-corrected chi connectivity index (χ2v) is 7.07. The number of thiazole rings is 1. The Hall–Kier alpha value is -3.59. The summed E-state index contributed by atoms with van der Waals surface area (Å²) in [5.41, 5.74) is 2.61. The van der Waals surface area contributed by atoms with E-state index in [0.717, 1.165) is 20.8 Å². The molecule has 2 aromatic heterocycles. The van der Waals surface area contributed by atoms with Crippen molar-refractivity contribution in [3.05, 3.63) is 71.0 Å². The fraction of sp³-hybridized carbons (Fsp3) is 0.105. The highest BCUT2D eigenvalue weighted by atomic mass is 32.1. The minimum Gasteiger partial charge on any atom is -0.390 e. The molecule has 140 valence electrons. The van der Waals surface area contributed by atoms with Gasteiger partial charge in [0.1, 0.15) is 17.4 Å². The summed E-state index contributed by atoms with van der Waals surface area (Å²) in [4.78, 5) is 30.7. The average molecular weight is 393 g/mol. The minimum atomic E-state index is -0.571. The van der Waals surface area contributed by atoms with Crippen LogP contribution in [0.2, 0.25) is 0 Å². The van der Waals surface area contributed by atoms with Gasteiger partial charge >= 0.3 is 5.95 Å². The minimum absolute atomic E-state index is 0.108. The molecule has 0 saturated heterocycles. The van der Waals surface area contributed by atoms with Crippen LogP contribution in [0.1, 0.15) is 6.42 Å². The summed E-state index contributed by atoms with van der Waals surface area (Å²) in [7, 11) is 0. The predicted molar refractivity (Wildman–Crippen MR) is 107 cm³/mol. The first kappa shape index (κ1) is 17.8. The standard InChI is InChI=1S/C19H15N5O3S/c25-17(9-11-23-12-10-20-19(23)24(26)27)21-14-7-5-13(6-8-14)18-22-15-3-1-2-4-16(15)28-18/h1-8,10,12H,9,11H2,(H,21,25). The molecule has 28 heavy (non-hydrogen) atoms. The number of aryl methyl sites for hydroxylation is 1. The fourth-order valence-corrected chi connectivity index (χ4v) is 3.76. The Labute approximate surface area is 163 Å². The third kappa shape index (κ3) is 3.74. The Kier molecular flexibility index (Phi) is 4.81. The Morgan fingerprint density at radius 3 is 2.71 bits per heavy atom. The lowest BCUT2D eigenvalue weighted by atomic mass is 10.2. The smallest absolute Gasteiger partial charge is 0.390 e. The molecule has 8 nitrogen and oxygen atoms in total. The lowest BCUT2D eigenvalue weighted by molar-refractivity contribution is -0.396. The van der Waals surface area contributed by atoms with E-state index in [9.17, 15) is 14.9 Å². The number of aromatic nitrogens is 3. The van der Waals surface area contributed by atoms with Crippen LogP contribution >= 0.6 is 11.3 Å². The molecule has 2 heterocycles. The van der Waals surface area contributed by atoms with Gasteiger partial charge in [-0.1, -0.05) is 17.1 Å². The molecule has 0 saturated carbocycles. The largest absolute Gasteiger partial charge is 0.434 e. The molecular weight excluding hydrogens is 378 g/mol. The lowest BCUT2D eigenvalue weighted by Gasteiger charge is -2.06. The number of hydrogen-bond acceptors (Lipinski definition) is 6. The van der Waals surface area contributed by atoms with Crippen molar-refractivity contribution in [2.75, 3.05) is 5.32 Å². The number of imidazole rings is 1. The molecule has 4 rings (SSSR count). The van der Waals surface area contributed by atoms with E-state index in [-0.39, 0.29) is 24.8 Å². The van der Waals surface area contributed by atoms with Gasteiger partial charge in [0.05, 0.1) is 23.2 Å². The Morgan fingerprint density at radius 1 is 1.18 bits per heavy atom. The van der Waals surface area contributed by atoms with Crippen LogP contribution in [0, 0.1) is 10.1 Å². The van der Waals surface area contributed by atoms with E-state index in [1.807, 2.05) is 48.5 Å². The number of hydrogen-bond donors (Lipinski definition) is 1. The van der Waals surface area contributed by atoms with E-state index in [1.165, 1.54) is 17.0 Å². The molecule has 0 aliphatic rings. The number of nitrogens with one attached hydrogen (secondary N) is 1. The van der Waals surface area contributed by atoms with Gasteiger partial charge < -0.3 is 15.4 Å². The predicted octanol–water partition coefficient (Wildman–Crippen LogP) is 4.10. The lowest BCUT2D eigenvalue weighted by Crippen LogP contribution is -2.15. The quantitative estimate of drug-likeness (QED) is 0.392. The summed E-state index contributed by atoms with van der Waals surface area (Å²) in [6, 6.07) is 15.4. The second-order valence-electron chi connectivity index (χ2n) is 6.04. The topological polar surface area (TPSA) is 103 Å². The molecule has 0 spiro atoms. The van der Waals surface area contributed by atoms with Crippen molar-refractivity contribution in [1.82, 2.24) is 14.5 Å². The van der Waals surface area contributed by atoms with Gasteiger partial charge in [-0.05, 0) is 41.3 Å². The number of rotatable bonds is 6. The van der Waals surface area contributed by atoms with Crippen LogP contribution in [-0.2, 0) is 11.3 Å². The third-order valence-electron chi connectivity index (χ3n) is 4.15. The van der Waals surface area contributed by atoms with Gasteiger partial charge in [0.15, 0.2) is 0 Å². The van der Waals surface area contributed by atoms with Crippen molar-refractivity contribution in [3.8, 4) is 10.6 Å². The monoisotopic (exact) mass is 393 g/mol. The van der Waals surface area contributed by atoms with Crippen molar-refractivity contribution in [2.45, 2.75) is 13.0 Å². The first-order chi connectivity index (χ1) is 13.6. The van der Waals surface area contributed by atoms with Gasteiger partial charge in [-0.25, -0.2) is 9.55 Å². The Morgan fingerprint density at radius 2 is 1.96 bits per heavy atom. The highest BCUT2D eigenvalue weighted by Gasteiger charge is 2.15. The van der Waals surface area contributed by atoms with Gasteiger partial charge in [-0.3, -0.25) is 4.79 Å². The first-order valence-corrected chi connectivity index (χ1v) is 9.33. The summed E-state index contributed by atoms with van der Waals surface area (Å²) in [5, 5.41) is 14.6. The van der Waals surface area contributed by atoms with E-state index in [4.69, 9.17) is 0 Å². The van der Waals surface area contributed by atoms with Crippen molar-refractivity contribution in [3.63, 3.8) is 0 Å². The van der Waals surface area contributed by atoms with Crippen molar-refractivity contribution < 1.29 is 9.72 Å². The van der Waals surface area contributed by atoms with Crippen LogP contribution in [0.4, 0.5) is 11.6 Å². The summed E-state index contributed by atoms with van der Waals surface area (Å²) in [6.45, 7) is 0.186. The number of anilines is 1. The average Bonchev–Trinajstić information content (AvgIpc) is 3.34. The molecule has 2 aromatic carbocycles. The zero-order chi connectivity index (χ0) is 19.5. The van der Waals surface area contributed by atoms with Crippen LogP contribution < -0.4 is 5.32 Å². The molecule has 0 aliphatic heterocycles. The fourth-order valence-electron chi connectivity index (χ4n) is 2.79. The SMILES string of the molecule is O=C(CCn1ccnc1[N+](=O)[O-])Nc1ccc(-c2nc3ccccc3s2)cc1. The summed E-state index contributed by atoms with van der Waals surface area (Å²) >= 11 is 1.62. The Balaban J connectivity index is 1.39. The van der Waals surface area contributed by atoms with E-state index < -0.39 is 4.92 Å². The Bertz CT molecular complexity index is 1120. The van der Waals surface area contributed by atoms with Gasteiger partial charge in [-0.2, -0.15) is 0 Å². The second kappa shape index (κ2) is 7.57. The number of nitrogens with zero attached hydrogens (tertiary/aromatic N) is 4. The van der Waals surface area contributed by atoms with Crippen molar-refractivity contribution in [2.24, 2.45) is 0 Å². The van der Waals surface area contributed by atoms with E-state index >= 15 is 0 Å². The van der Waals surface area contributed by atoms with Crippen LogP contribution in [0.25, 0.3) is 20.8 Å². The highest BCUT2D eigenvalue weighted by Crippen LogP contribution is 2.30. The van der Waals surface area contributed by atoms with Gasteiger partial charge in [-0.15, -0.1) is 11.3 Å². The molecule has 0 unspecified atom stereocenters. The first-order valence-electron chi connectivity index (χ1n) is 8.51. The molecule has 0 atom stereocenters. The maximum atomic E-state index is 12.1. The molecule has 0 aliphatic carbocycles. The molecule has 0 radical (unpaired) electrons. The summed E-state index contributed by atoms with van der Waals surface area (Å²) in [5.74, 6) is -0.497. The molecule has 9 heteroatoms. The molecule has 0 bridgehead atoms. The molecular formula is C19H15N5O3S. The maximum absolute atomic E-state index is 12.1. The van der Waals surface area contributed by atoms with Crippen molar-refractivity contribution >= 4 is 39.1 Å². The van der Waals surface area contributed by atoms with E-state index in [1.54, 1.807) is 11.3 Å². The van der Waals surface area contributed by atoms with Crippen LogP contribution in [-0.4, -0.2) is 25.4 Å².